The molecule has 0 saturated carbocycles. The van der Waals surface area contributed by atoms with E-state index in [1.807, 2.05) is 5.34 Å². The Labute approximate surface area is 56.0 Å². The Hall–Kier alpha value is -0.430. The molecule has 0 radical (unpaired) electrons. The molecule has 0 saturated heterocycles. The molecule has 0 aliphatic rings. The van der Waals surface area contributed by atoms with Gasteiger partial charge in [0.15, 0.2) is 5.34 Å². The Morgan fingerprint density at radius 1 is 1.62 bits per heavy atom. The number of amides is 1. The summed E-state index contributed by atoms with van der Waals surface area (Å²) in [6, 6.07) is 0. The molecule has 0 aromatic rings. The van der Waals surface area contributed by atoms with E-state index in [4.69, 9.17) is 4.91 Å². The highest BCUT2D eigenvalue weighted by molar-refractivity contribution is 7.94. The predicted octanol–water partition coefficient (Wildman–Crippen LogP) is 0.796. The second kappa shape index (κ2) is 3.56. The maximum absolute atomic E-state index is 10.0. The van der Waals surface area contributed by atoms with Crippen LogP contribution in [0.2, 0.25) is 0 Å². The van der Waals surface area contributed by atoms with Gasteiger partial charge in [-0.15, -0.1) is 4.91 Å². The van der Waals surface area contributed by atoms with Crippen LogP contribution in [0, 0.1) is 4.91 Å². The van der Waals surface area contributed by atoms with Crippen molar-refractivity contribution in [2.75, 3.05) is 0 Å². The summed E-state index contributed by atoms with van der Waals surface area (Å²) in [4.78, 5) is 22.6. The molecule has 0 aliphatic carbocycles. The topological polar surface area (TPSA) is 59.0 Å². The van der Waals surface area contributed by atoms with Gasteiger partial charge in [0.2, 0.25) is 0 Å². The van der Waals surface area contributed by atoms with E-state index < -0.39 is 6.09 Å². The second-order valence-corrected chi connectivity index (χ2v) is 1.84. The van der Waals surface area contributed by atoms with E-state index in [1.165, 1.54) is 0 Å². The molecular weight excluding hydrogens is 152 g/mol. The molecule has 0 bridgehead atoms. The number of rotatable bonds is 1. The molecule has 8 heavy (non-hydrogen) atoms. The van der Waals surface area contributed by atoms with E-state index in [0.29, 0.717) is 3.71 Å². The van der Waals surface area contributed by atoms with E-state index in [0.717, 1.165) is 0 Å². The van der Waals surface area contributed by atoms with Gasteiger partial charge >= 0.3 is 6.09 Å². The third-order valence-corrected chi connectivity index (χ3v) is 0.605. The van der Waals surface area contributed by atoms with Crippen molar-refractivity contribution in [3.63, 3.8) is 0 Å². The Kier molecular flexibility index (Phi) is 3.37. The molecule has 0 fully saturated rings. The van der Waals surface area contributed by atoms with Gasteiger partial charge in [-0.1, -0.05) is 0 Å². The van der Waals surface area contributed by atoms with Gasteiger partial charge in [-0.3, -0.25) is 4.84 Å². The summed E-state index contributed by atoms with van der Waals surface area (Å²) in [6.07, 6.45) is -1.04. The van der Waals surface area contributed by atoms with E-state index in [-0.39, 0.29) is 0 Å². The van der Waals surface area contributed by atoms with Crippen molar-refractivity contribution in [1.82, 2.24) is 3.71 Å². The van der Waals surface area contributed by atoms with Crippen molar-refractivity contribution >= 4 is 31.7 Å². The molecule has 0 spiro atoms. The van der Waals surface area contributed by atoms with Crippen molar-refractivity contribution in [2.24, 2.45) is 5.34 Å². The minimum atomic E-state index is -1.04. The molecule has 5 nitrogen and oxygen atoms in total. The summed E-state index contributed by atoms with van der Waals surface area (Å²) in [5, 5.41) is 1.82. The van der Waals surface area contributed by atoms with Gasteiger partial charge in [-0.05, 0) is 25.6 Å². The monoisotopic (exact) mass is 154 g/mol. The van der Waals surface area contributed by atoms with E-state index in [1.54, 1.807) is 0 Å². The van der Waals surface area contributed by atoms with Crippen LogP contribution in [0.25, 0.3) is 0 Å². The van der Waals surface area contributed by atoms with Gasteiger partial charge in [0, 0.05) is 0 Å². The Bertz CT molecular complexity index is 103. The number of thiol groups is 2. The van der Waals surface area contributed by atoms with Gasteiger partial charge in [0.25, 0.3) is 0 Å². The van der Waals surface area contributed by atoms with Crippen molar-refractivity contribution in [3.8, 4) is 0 Å². The standard InChI is InChI=1S/CH2N2O3S2/c4-1(3(7)8)6-2-5/h7-8H. The lowest BCUT2D eigenvalue weighted by atomic mass is 11.3. The fourth-order valence-electron chi connectivity index (χ4n) is 0.0684. The molecule has 1 amide bonds. The first kappa shape index (κ1) is 7.57. The van der Waals surface area contributed by atoms with Gasteiger partial charge in [-0.2, -0.15) is 3.71 Å². The SMILES string of the molecule is O=NOC(=O)N(S)S. The number of nitrogens with zero attached hydrogens (tertiary/aromatic N) is 2. The molecular formula is CH2N2O3S2. The average Bonchev–Trinajstić information content (AvgIpc) is 1.67. The van der Waals surface area contributed by atoms with Crippen LogP contribution in [0.5, 0.6) is 0 Å². The first-order valence-electron chi connectivity index (χ1n) is 1.40. The summed E-state index contributed by atoms with van der Waals surface area (Å²) >= 11 is 6.70. The predicted molar refractivity (Wildman–Crippen MR) is 32.1 cm³/mol. The lowest BCUT2D eigenvalue weighted by molar-refractivity contribution is 0.145. The highest BCUT2D eigenvalue weighted by Crippen LogP contribution is 1.99. The van der Waals surface area contributed by atoms with Crippen LogP contribution in [0.4, 0.5) is 4.79 Å². The smallest absolute Gasteiger partial charge is 0.261 e. The van der Waals surface area contributed by atoms with Crippen LogP contribution in [0.15, 0.2) is 5.34 Å². The molecule has 0 N–H and O–H groups in total. The van der Waals surface area contributed by atoms with Crippen LogP contribution in [0.3, 0.4) is 0 Å². The van der Waals surface area contributed by atoms with Crippen molar-refractivity contribution in [1.29, 1.82) is 0 Å². The molecule has 0 aromatic carbocycles. The largest absolute Gasteiger partial charge is 0.458 e. The molecule has 0 unspecified atom stereocenters. The summed E-state index contributed by atoms with van der Waals surface area (Å²) in [7, 11) is 0. The van der Waals surface area contributed by atoms with Gasteiger partial charge < -0.3 is 0 Å². The van der Waals surface area contributed by atoms with E-state index >= 15 is 0 Å². The fourth-order valence-corrected chi connectivity index (χ4v) is 0.141. The zero-order valence-corrected chi connectivity index (χ0v) is 5.30. The van der Waals surface area contributed by atoms with Crippen molar-refractivity contribution in [3.05, 3.63) is 4.91 Å². The maximum atomic E-state index is 10.0. The van der Waals surface area contributed by atoms with Gasteiger partial charge in [0.05, 0.1) is 0 Å². The van der Waals surface area contributed by atoms with Gasteiger partial charge in [-0.25, -0.2) is 4.79 Å². The molecule has 0 aliphatic heterocycles. The van der Waals surface area contributed by atoms with Crippen LogP contribution in [-0.4, -0.2) is 9.80 Å². The molecule has 0 atom stereocenters. The average molecular weight is 154 g/mol. The van der Waals surface area contributed by atoms with Crippen LogP contribution < -0.4 is 0 Å². The zero-order chi connectivity index (χ0) is 6.57. The third kappa shape index (κ3) is 2.69. The highest BCUT2D eigenvalue weighted by atomic mass is 32.2. The number of carbonyl (C=O) groups is 1. The lowest BCUT2D eigenvalue weighted by Crippen LogP contribution is -2.09. The summed E-state index contributed by atoms with van der Waals surface area (Å²) < 4.78 is 0.487. The maximum Gasteiger partial charge on any atom is 0.458 e. The van der Waals surface area contributed by atoms with Crippen LogP contribution >= 0.6 is 25.6 Å². The van der Waals surface area contributed by atoms with Crippen molar-refractivity contribution < 1.29 is 9.63 Å². The minimum absolute atomic E-state index is 0.487. The number of hydrogen-bond acceptors (Lipinski definition) is 6. The Morgan fingerprint density at radius 2 is 2.12 bits per heavy atom. The fraction of sp³-hybridized carbons (Fsp3) is 0. The summed E-state index contributed by atoms with van der Waals surface area (Å²) in [6.45, 7) is 0. The minimum Gasteiger partial charge on any atom is -0.261 e. The number of carbonyl (C=O) groups excluding carboxylic acids is 1. The Morgan fingerprint density at radius 3 is 2.25 bits per heavy atom. The molecule has 7 heteroatoms. The Balaban J connectivity index is 3.48. The molecule has 0 rings (SSSR count). The zero-order valence-electron chi connectivity index (χ0n) is 3.51. The second-order valence-electron chi connectivity index (χ2n) is 0.721. The quantitative estimate of drug-likeness (QED) is 0.333. The van der Waals surface area contributed by atoms with Crippen molar-refractivity contribution in [2.45, 2.75) is 0 Å². The molecule has 46 valence electrons. The highest BCUT2D eigenvalue weighted by Gasteiger charge is 2.05. The normalized spacial score (nSPS) is 7.75. The van der Waals surface area contributed by atoms with Crippen LogP contribution in [0.1, 0.15) is 0 Å². The first-order valence-corrected chi connectivity index (χ1v) is 2.20. The van der Waals surface area contributed by atoms with Gasteiger partial charge in [0.1, 0.15) is 0 Å². The first-order chi connectivity index (χ1) is 3.68. The summed E-state index contributed by atoms with van der Waals surface area (Å²) in [5.74, 6) is 0. The third-order valence-electron chi connectivity index (χ3n) is 0.279. The van der Waals surface area contributed by atoms with E-state index in [2.05, 4.69) is 30.5 Å². The summed E-state index contributed by atoms with van der Waals surface area (Å²) in [5.41, 5.74) is 0. The van der Waals surface area contributed by atoms with E-state index in [9.17, 15) is 4.79 Å². The van der Waals surface area contributed by atoms with Crippen LogP contribution in [-0.2, 0) is 4.84 Å². The molecule has 0 heterocycles. The lowest BCUT2D eigenvalue weighted by Gasteiger charge is -1.98. The number of hydrogen-bond donors (Lipinski definition) is 2. The molecule has 0 aromatic heterocycles.